The lowest BCUT2D eigenvalue weighted by Gasteiger charge is -2.12. The van der Waals surface area contributed by atoms with E-state index in [-0.39, 0.29) is 11.0 Å². The zero-order valence-corrected chi connectivity index (χ0v) is 20.3. The Labute approximate surface area is 210 Å². The lowest BCUT2D eigenvalue weighted by atomic mass is 10.2. The summed E-state index contributed by atoms with van der Waals surface area (Å²) in [5.74, 6) is 0.350. The minimum Gasteiger partial charge on any atom is -0.457 e. The van der Waals surface area contributed by atoms with Crippen LogP contribution in [0.25, 0.3) is 17.4 Å². The van der Waals surface area contributed by atoms with E-state index in [0.717, 1.165) is 0 Å². The van der Waals surface area contributed by atoms with E-state index in [1.54, 1.807) is 55.5 Å². The predicted octanol–water partition coefficient (Wildman–Crippen LogP) is 6.78. The molecule has 0 radical (unpaired) electrons. The molecule has 0 unspecified atom stereocenters. The van der Waals surface area contributed by atoms with E-state index < -0.39 is 5.91 Å². The van der Waals surface area contributed by atoms with Gasteiger partial charge in [-0.15, -0.1) is 0 Å². The SMILES string of the molecule is CCC(=O)Nc1ccc(Cl)c(NC(=S)NC(=O)C=Cc2ccc(-c3cccc(Cl)c3Cl)o2)c1. The van der Waals surface area contributed by atoms with E-state index >= 15 is 0 Å². The molecule has 1 aromatic heterocycles. The van der Waals surface area contributed by atoms with E-state index in [1.807, 2.05) is 0 Å². The minimum absolute atomic E-state index is 0.0383. The molecule has 3 N–H and O–H groups in total. The lowest BCUT2D eigenvalue weighted by molar-refractivity contribution is -0.116. The average Bonchev–Trinajstić information content (AvgIpc) is 3.25. The van der Waals surface area contributed by atoms with Gasteiger partial charge in [-0.05, 0) is 60.8 Å². The van der Waals surface area contributed by atoms with Crippen molar-refractivity contribution < 1.29 is 14.0 Å². The molecule has 0 atom stereocenters. The van der Waals surface area contributed by atoms with E-state index in [0.29, 0.717) is 49.9 Å². The summed E-state index contributed by atoms with van der Waals surface area (Å²) >= 11 is 23.6. The van der Waals surface area contributed by atoms with Crippen molar-refractivity contribution >= 4 is 81.4 Å². The largest absolute Gasteiger partial charge is 0.457 e. The van der Waals surface area contributed by atoms with Crippen molar-refractivity contribution in [2.24, 2.45) is 0 Å². The molecule has 0 saturated heterocycles. The smallest absolute Gasteiger partial charge is 0.250 e. The molecule has 3 aromatic rings. The Morgan fingerprint density at radius 2 is 1.82 bits per heavy atom. The van der Waals surface area contributed by atoms with Crippen LogP contribution in [0, 0.1) is 0 Å². The second-order valence-electron chi connectivity index (χ2n) is 6.68. The van der Waals surface area contributed by atoms with Gasteiger partial charge in [-0.1, -0.05) is 47.8 Å². The number of hydrogen-bond donors (Lipinski definition) is 3. The normalized spacial score (nSPS) is 10.8. The van der Waals surface area contributed by atoms with Gasteiger partial charge in [0.05, 0.1) is 20.8 Å². The number of hydrogen-bond acceptors (Lipinski definition) is 4. The highest BCUT2D eigenvalue weighted by Gasteiger charge is 2.11. The Morgan fingerprint density at radius 3 is 2.58 bits per heavy atom. The van der Waals surface area contributed by atoms with Crippen molar-refractivity contribution in [2.45, 2.75) is 13.3 Å². The molecule has 0 aliphatic carbocycles. The van der Waals surface area contributed by atoms with E-state index in [4.69, 9.17) is 51.4 Å². The first-order chi connectivity index (χ1) is 15.8. The van der Waals surface area contributed by atoms with Crippen LogP contribution in [0.5, 0.6) is 0 Å². The monoisotopic (exact) mass is 521 g/mol. The van der Waals surface area contributed by atoms with E-state index in [2.05, 4.69) is 16.0 Å². The molecule has 10 heteroatoms. The maximum Gasteiger partial charge on any atom is 0.250 e. The summed E-state index contributed by atoms with van der Waals surface area (Å²) in [5, 5.41) is 9.30. The summed E-state index contributed by atoms with van der Waals surface area (Å²) in [7, 11) is 0. The molecule has 170 valence electrons. The van der Waals surface area contributed by atoms with Gasteiger partial charge in [0.1, 0.15) is 11.5 Å². The molecule has 0 bridgehead atoms. The molecule has 6 nitrogen and oxygen atoms in total. The number of thiocarbonyl (C=S) groups is 1. The third-order valence-corrected chi connectivity index (χ3v) is 5.65. The predicted molar refractivity (Wildman–Crippen MR) is 138 cm³/mol. The van der Waals surface area contributed by atoms with Gasteiger partial charge in [-0.2, -0.15) is 0 Å². The van der Waals surface area contributed by atoms with Gasteiger partial charge in [0, 0.05) is 23.7 Å². The number of anilines is 2. The first-order valence-corrected chi connectivity index (χ1v) is 11.2. The van der Waals surface area contributed by atoms with E-state index in [1.165, 1.54) is 12.2 Å². The molecule has 33 heavy (non-hydrogen) atoms. The highest BCUT2D eigenvalue weighted by molar-refractivity contribution is 7.80. The van der Waals surface area contributed by atoms with Crippen LogP contribution in [0.4, 0.5) is 11.4 Å². The third kappa shape index (κ3) is 6.82. The quantitative estimate of drug-likeness (QED) is 0.245. The second kappa shape index (κ2) is 11.3. The van der Waals surface area contributed by atoms with Crippen molar-refractivity contribution in [3.8, 4) is 11.3 Å². The molecular weight excluding hydrogens is 505 g/mol. The van der Waals surface area contributed by atoms with Crippen LogP contribution in [-0.2, 0) is 9.59 Å². The van der Waals surface area contributed by atoms with Crippen LogP contribution in [0.2, 0.25) is 15.1 Å². The highest BCUT2D eigenvalue weighted by Crippen LogP contribution is 2.34. The number of carbonyl (C=O) groups excluding carboxylic acids is 2. The number of benzene rings is 2. The number of rotatable bonds is 6. The molecule has 2 amide bonds. The average molecular weight is 523 g/mol. The summed E-state index contributed by atoms with van der Waals surface area (Å²) in [6, 6.07) is 13.6. The van der Waals surface area contributed by atoms with Crippen molar-refractivity contribution in [3.63, 3.8) is 0 Å². The number of amides is 2. The Morgan fingerprint density at radius 1 is 1.03 bits per heavy atom. The lowest BCUT2D eigenvalue weighted by Crippen LogP contribution is -2.32. The summed E-state index contributed by atoms with van der Waals surface area (Å²) in [4.78, 5) is 23.8. The van der Waals surface area contributed by atoms with Crippen LogP contribution >= 0.6 is 47.0 Å². The van der Waals surface area contributed by atoms with Gasteiger partial charge >= 0.3 is 0 Å². The zero-order chi connectivity index (χ0) is 24.0. The molecule has 0 saturated carbocycles. The van der Waals surface area contributed by atoms with Crippen LogP contribution in [0.1, 0.15) is 19.1 Å². The topological polar surface area (TPSA) is 83.4 Å². The Kier molecular flexibility index (Phi) is 8.52. The first kappa shape index (κ1) is 24.8. The number of carbonyl (C=O) groups is 2. The fourth-order valence-corrected chi connectivity index (χ4v) is 3.46. The Hall–Kier alpha value is -2.84. The number of nitrogens with one attached hydrogen (secondary N) is 3. The number of furan rings is 1. The van der Waals surface area contributed by atoms with Gasteiger partial charge in [0.25, 0.3) is 0 Å². The molecule has 0 spiro atoms. The van der Waals surface area contributed by atoms with Gasteiger partial charge in [-0.25, -0.2) is 0 Å². The van der Waals surface area contributed by atoms with Crippen LogP contribution in [-0.4, -0.2) is 16.9 Å². The maximum absolute atomic E-state index is 12.2. The fraction of sp³-hybridized carbons (Fsp3) is 0.0870. The minimum atomic E-state index is -0.474. The van der Waals surface area contributed by atoms with Crippen LogP contribution in [0.15, 0.2) is 59.0 Å². The van der Waals surface area contributed by atoms with Crippen LogP contribution in [0.3, 0.4) is 0 Å². The van der Waals surface area contributed by atoms with Gasteiger partial charge < -0.3 is 15.1 Å². The number of halogens is 3. The Bertz CT molecular complexity index is 1240. The maximum atomic E-state index is 12.2. The Balaban J connectivity index is 1.61. The van der Waals surface area contributed by atoms with Crippen molar-refractivity contribution in [1.29, 1.82) is 0 Å². The van der Waals surface area contributed by atoms with Crippen molar-refractivity contribution in [2.75, 3.05) is 10.6 Å². The fourth-order valence-electron chi connectivity index (χ4n) is 2.69. The van der Waals surface area contributed by atoms with Crippen LogP contribution < -0.4 is 16.0 Å². The van der Waals surface area contributed by atoms with Crippen molar-refractivity contribution in [1.82, 2.24) is 5.32 Å². The molecule has 2 aromatic carbocycles. The summed E-state index contributed by atoms with van der Waals surface area (Å²) in [6.45, 7) is 1.75. The van der Waals surface area contributed by atoms with Gasteiger partial charge in [0.2, 0.25) is 11.8 Å². The van der Waals surface area contributed by atoms with Gasteiger partial charge in [0.15, 0.2) is 5.11 Å². The molecular formula is C23H18Cl3N3O3S. The zero-order valence-electron chi connectivity index (χ0n) is 17.2. The van der Waals surface area contributed by atoms with E-state index in [9.17, 15) is 9.59 Å². The van der Waals surface area contributed by atoms with Gasteiger partial charge in [-0.3, -0.25) is 14.9 Å². The summed E-state index contributed by atoms with van der Waals surface area (Å²) in [6.07, 6.45) is 3.11. The molecule has 3 rings (SSSR count). The summed E-state index contributed by atoms with van der Waals surface area (Å²) in [5.41, 5.74) is 1.64. The molecule has 0 fully saturated rings. The molecule has 0 aliphatic rings. The van der Waals surface area contributed by atoms with Crippen molar-refractivity contribution in [3.05, 3.63) is 75.4 Å². The summed E-state index contributed by atoms with van der Waals surface area (Å²) < 4.78 is 5.72. The standard InChI is InChI=1S/C23H18Cl3N3O3S/c1-2-20(30)27-13-6-9-16(24)18(12-13)28-23(33)29-21(31)11-8-14-7-10-19(32-14)15-4-3-5-17(25)22(15)26/h3-12H,2H2,1H3,(H,27,30)(H2,28,29,31,33). The molecule has 1 heterocycles. The highest BCUT2D eigenvalue weighted by atomic mass is 35.5. The third-order valence-electron chi connectivity index (χ3n) is 4.30. The molecule has 0 aliphatic heterocycles. The second-order valence-corrected chi connectivity index (χ2v) is 8.28. The first-order valence-electron chi connectivity index (χ1n) is 9.70.